The molecule has 0 aromatic carbocycles. The van der Waals surface area contributed by atoms with E-state index in [-0.39, 0.29) is 11.6 Å². The molecule has 0 unspecified atom stereocenters. The van der Waals surface area contributed by atoms with Crippen LogP contribution in [0.1, 0.15) is 29.4 Å². The number of nitrogens with one attached hydrogen (secondary N) is 1. The van der Waals surface area contributed by atoms with Crippen LogP contribution < -0.4 is 5.73 Å². The first-order valence-electron chi connectivity index (χ1n) is 5.65. The molecule has 0 aliphatic heterocycles. The van der Waals surface area contributed by atoms with Gasteiger partial charge in [0.05, 0.1) is 5.69 Å². The van der Waals surface area contributed by atoms with Crippen LogP contribution in [-0.2, 0) is 6.42 Å². The highest BCUT2D eigenvalue weighted by Crippen LogP contribution is 2.23. The number of hydrogen-bond donors (Lipinski definition) is 3. The molecule has 0 atom stereocenters. The number of aromatic nitrogens is 3. The third-order valence-electron chi connectivity index (χ3n) is 2.59. The Hall–Kier alpha value is -2.37. The van der Waals surface area contributed by atoms with Crippen molar-refractivity contribution in [3.05, 3.63) is 29.7 Å². The maximum Gasteiger partial charge on any atom is 0.352 e. The predicted molar refractivity (Wildman–Crippen MR) is 67.2 cm³/mol. The fourth-order valence-electron chi connectivity index (χ4n) is 1.78. The summed E-state index contributed by atoms with van der Waals surface area (Å²) in [6.07, 6.45) is 5.08. The molecule has 0 saturated carbocycles. The molecular weight excluding hydrogens is 232 g/mol. The number of aryl methyl sites for hydroxylation is 1. The van der Waals surface area contributed by atoms with E-state index in [0.29, 0.717) is 11.3 Å². The minimum absolute atomic E-state index is 0.129. The number of hydrogen-bond acceptors (Lipinski definition) is 4. The summed E-state index contributed by atoms with van der Waals surface area (Å²) in [4.78, 5) is 21.7. The van der Waals surface area contributed by atoms with Crippen molar-refractivity contribution in [2.24, 2.45) is 0 Å². The van der Waals surface area contributed by atoms with Gasteiger partial charge in [-0.25, -0.2) is 14.8 Å². The lowest BCUT2D eigenvalue weighted by Gasteiger charge is -2.05. The van der Waals surface area contributed by atoms with Crippen LogP contribution >= 0.6 is 0 Å². The molecule has 6 heteroatoms. The van der Waals surface area contributed by atoms with Gasteiger partial charge in [0.15, 0.2) is 0 Å². The molecule has 6 nitrogen and oxygen atoms in total. The zero-order valence-corrected chi connectivity index (χ0v) is 9.97. The van der Waals surface area contributed by atoms with E-state index in [1.54, 1.807) is 18.5 Å². The highest BCUT2D eigenvalue weighted by molar-refractivity contribution is 5.87. The van der Waals surface area contributed by atoms with Crippen molar-refractivity contribution >= 4 is 11.9 Å². The number of carbonyl (C=O) groups is 1. The zero-order valence-electron chi connectivity index (χ0n) is 9.97. The van der Waals surface area contributed by atoms with Crippen molar-refractivity contribution in [3.8, 4) is 11.3 Å². The summed E-state index contributed by atoms with van der Waals surface area (Å²) < 4.78 is 0. The average Bonchev–Trinajstić information content (AvgIpc) is 2.81. The normalized spacial score (nSPS) is 10.5. The largest absolute Gasteiger partial charge is 0.477 e. The van der Waals surface area contributed by atoms with Crippen molar-refractivity contribution in [2.45, 2.75) is 19.8 Å². The first kappa shape index (κ1) is 12.1. The second-order valence-corrected chi connectivity index (χ2v) is 3.96. The molecule has 0 radical (unpaired) electrons. The van der Waals surface area contributed by atoms with E-state index in [9.17, 15) is 4.79 Å². The number of nitrogen functional groups attached to an aromatic ring is 1. The van der Waals surface area contributed by atoms with Gasteiger partial charge in [-0.15, -0.1) is 0 Å². The second kappa shape index (κ2) is 4.87. The zero-order chi connectivity index (χ0) is 13.1. The average molecular weight is 246 g/mol. The van der Waals surface area contributed by atoms with Gasteiger partial charge in [-0.2, -0.15) is 0 Å². The van der Waals surface area contributed by atoms with Gasteiger partial charge in [0, 0.05) is 18.0 Å². The quantitative estimate of drug-likeness (QED) is 0.761. The third-order valence-corrected chi connectivity index (χ3v) is 2.59. The second-order valence-electron chi connectivity index (χ2n) is 3.96. The van der Waals surface area contributed by atoms with Crippen molar-refractivity contribution < 1.29 is 9.90 Å². The van der Waals surface area contributed by atoms with Crippen molar-refractivity contribution in [1.29, 1.82) is 0 Å². The summed E-state index contributed by atoms with van der Waals surface area (Å²) in [5.41, 5.74) is 8.07. The van der Waals surface area contributed by atoms with E-state index in [1.807, 2.05) is 0 Å². The minimum Gasteiger partial charge on any atom is -0.477 e. The molecule has 2 rings (SSSR count). The number of aromatic amines is 1. The molecule has 4 N–H and O–H groups in total. The fraction of sp³-hybridized carbons (Fsp3) is 0.250. The van der Waals surface area contributed by atoms with Crippen LogP contribution in [0.2, 0.25) is 0 Å². The summed E-state index contributed by atoms with van der Waals surface area (Å²) in [7, 11) is 0. The molecule has 0 saturated heterocycles. The number of rotatable bonds is 4. The lowest BCUT2D eigenvalue weighted by molar-refractivity contribution is 0.0691. The lowest BCUT2D eigenvalue weighted by Crippen LogP contribution is -2.00. The van der Waals surface area contributed by atoms with E-state index in [2.05, 4.69) is 21.9 Å². The Balaban J connectivity index is 2.47. The van der Waals surface area contributed by atoms with Crippen molar-refractivity contribution in [3.63, 3.8) is 0 Å². The van der Waals surface area contributed by atoms with Crippen LogP contribution in [0.5, 0.6) is 0 Å². The number of carboxylic acid groups (broad SMARTS) is 1. The molecule has 0 aliphatic carbocycles. The Morgan fingerprint density at radius 2 is 2.33 bits per heavy atom. The monoisotopic (exact) mass is 246 g/mol. The first-order chi connectivity index (χ1) is 8.61. The van der Waals surface area contributed by atoms with Gasteiger partial charge in [-0.1, -0.05) is 13.3 Å². The van der Waals surface area contributed by atoms with Crippen LogP contribution in [0, 0.1) is 0 Å². The minimum atomic E-state index is -1.000. The highest BCUT2D eigenvalue weighted by Gasteiger charge is 2.12. The van der Waals surface area contributed by atoms with Crippen molar-refractivity contribution in [1.82, 2.24) is 15.0 Å². The lowest BCUT2D eigenvalue weighted by atomic mass is 10.1. The van der Waals surface area contributed by atoms with Gasteiger partial charge in [0.2, 0.25) is 5.95 Å². The van der Waals surface area contributed by atoms with Crippen LogP contribution in [-0.4, -0.2) is 26.0 Å². The number of anilines is 1. The SMILES string of the molecule is CCCc1cnc(N)nc1-c1c[nH]c(C(=O)O)c1. The third kappa shape index (κ3) is 2.32. The Morgan fingerprint density at radius 1 is 1.56 bits per heavy atom. The maximum atomic E-state index is 10.8. The first-order valence-corrected chi connectivity index (χ1v) is 5.65. The van der Waals surface area contributed by atoms with E-state index < -0.39 is 5.97 Å². The van der Waals surface area contributed by atoms with E-state index in [0.717, 1.165) is 18.4 Å². The number of nitrogens with zero attached hydrogens (tertiary/aromatic N) is 2. The Morgan fingerprint density at radius 3 is 2.94 bits per heavy atom. The molecule has 0 fully saturated rings. The summed E-state index contributed by atoms with van der Waals surface area (Å²) in [6.45, 7) is 2.06. The van der Waals surface area contributed by atoms with E-state index >= 15 is 0 Å². The maximum absolute atomic E-state index is 10.8. The Labute approximate surface area is 104 Å². The smallest absolute Gasteiger partial charge is 0.352 e. The fourth-order valence-corrected chi connectivity index (χ4v) is 1.78. The highest BCUT2D eigenvalue weighted by atomic mass is 16.4. The Bertz CT molecular complexity index is 577. The number of carboxylic acids is 1. The van der Waals surface area contributed by atoms with Gasteiger partial charge in [0.1, 0.15) is 5.69 Å². The van der Waals surface area contributed by atoms with Gasteiger partial charge in [-0.3, -0.25) is 0 Å². The topological polar surface area (TPSA) is 105 Å². The van der Waals surface area contributed by atoms with Crippen LogP contribution in [0.3, 0.4) is 0 Å². The molecule has 0 aliphatic rings. The van der Waals surface area contributed by atoms with Crippen LogP contribution in [0.15, 0.2) is 18.5 Å². The standard InChI is InChI=1S/C12H14N4O2/c1-2-3-7-5-15-12(13)16-10(7)8-4-9(11(17)18)14-6-8/h4-6,14H,2-3H2,1H3,(H,17,18)(H2,13,15,16). The summed E-state index contributed by atoms with van der Waals surface area (Å²) >= 11 is 0. The molecule has 2 heterocycles. The molecule has 94 valence electrons. The van der Waals surface area contributed by atoms with Gasteiger partial charge in [-0.05, 0) is 18.1 Å². The van der Waals surface area contributed by atoms with Crippen LogP contribution in [0.25, 0.3) is 11.3 Å². The molecule has 0 amide bonds. The molecule has 0 bridgehead atoms. The molecule has 2 aromatic rings. The Kier molecular flexibility index (Phi) is 3.27. The molecule has 0 spiro atoms. The number of H-pyrrole nitrogens is 1. The van der Waals surface area contributed by atoms with Gasteiger partial charge >= 0.3 is 5.97 Å². The van der Waals surface area contributed by atoms with E-state index in [1.165, 1.54) is 0 Å². The summed E-state index contributed by atoms with van der Waals surface area (Å²) in [6, 6.07) is 1.54. The van der Waals surface area contributed by atoms with Crippen molar-refractivity contribution in [2.75, 3.05) is 5.73 Å². The number of aromatic carboxylic acids is 1. The molecular formula is C12H14N4O2. The summed E-state index contributed by atoms with van der Waals surface area (Å²) in [5, 5.41) is 8.88. The number of nitrogens with two attached hydrogens (primary N) is 1. The summed E-state index contributed by atoms with van der Waals surface area (Å²) in [5.74, 6) is -0.816. The van der Waals surface area contributed by atoms with E-state index in [4.69, 9.17) is 10.8 Å². The van der Waals surface area contributed by atoms with Gasteiger partial charge in [0.25, 0.3) is 0 Å². The van der Waals surface area contributed by atoms with Gasteiger partial charge < -0.3 is 15.8 Å². The predicted octanol–water partition coefficient (Wildman–Crippen LogP) is 1.70. The molecule has 18 heavy (non-hydrogen) atoms. The van der Waals surface area contributed by atoms with Crippen LogP contribution in [0.4, 0.5) is 5.95 Å². The molecule has 2 aromatic heterocycles.